The van der Waals surface area contributed by atoms with E-state index in [0.717, 1.165) is 11.0 Å². The van der Waals surface area contributed by atoms with Crippen molar-refractivity contribution < 1.29 is 17.6 Å². The number of fused-ring (bicyclic) bond motifs is 1. The fourth-order valence-corrected chi connectivity index (χ4v) is 4.10. The maximum atomic E-state index is 12.5. The molecule has 0 saturated heterocycles. The maximum Gasteiger partial charge on any atom is 0.251 e. The Labute approximate surface area is 165 Å². The highest BCUT2D eigenvalue weighted by Gasteiger charge is 2.19. The van der Waals surface area contributed by atoms with Gasteiger partial charge < -0.3 is 9.73 Å². The van der Waals surface area contributed by atoms with E-state index in [0.29, 0.717) is 17.7 Å². The highest BCUT2D eigenvalue weighted by Crippen LogP contribution is 2.24. The molecule has 0 spiro atoms. The van der Waals surface area contributed by atoms with E-state index in [1.165, 1.54) is 24.3 Å². The number of benzene rings is 2. The van der Waals surface area contributed by atoms with Crippen molar-refractivity contribution in [2.75, 3.05) is 0 Å². The monoisotopic (exact) mass is 400 g/mol. The Morgan fingerprint density at radius 1 is 1.07 bits per heavy atom. The average molecular weight is 401 g/mol. The molecule has 0 fully saturated rings. The van der Waals surface area contributed by atoms with E-state index in [2.05, 4.69) is 10.0 Å². The van der Waals surface area contributed by atoms with Gasteiger partial charge in [-0.1, -0.05) is 25.1 Å². The molecule has 6 nitrogen and oxygen atoms in total. The molecule has 1 aromatic heterocycles. The first-order chi connectivity index (χ1) is 13.3. The molecule has 0 aliphatic rings. The Morgan fingerprint density at radius 3 is 2.39 bits per heavy atom. The second-order valence-corrected chi connectivity index (χ2v) is 8.55. The van der Waals surface area contributed by atoms with Crippen LogP contribution < -0.4 is 10.0 Å². The second kappa shape index (κ2) is 8.16. The van der Waals surface area contributed by atoms with Crippen molar-refractivity contribution >= 4 is 26.9 Å². The summed E-state index contributed by atoms with van der Waals surface area (Å²) in [5, 5.41) is 3.85. The molecule has 0 bridgehead atoms. The molecule has 3 rings (SSSR count). The minimum Gasteiger partial charge on any atom is -0.459 e. The van der Waals surface area contributed by atoms with Gasteiger partial charge in [0.05, 0.1) is 10.9 Å². The number of para-hydroxylation sites is 1. The summed E-state index contributed by atoms with van der Waals surface area (Å²) >= 11 is 0. The van der Waals surface area contributed by atoms with Crippen molar-refractivity contribution in [2.45, 2.75) is 44.2 Å². The van der Waals surface area contributed by atoms with Gasteiger partial charge in [-0.05, 0) is 56.7 Å². The lowest BCUT2D eigenvalue weighted by atomic mass is 10.1. The van der Waals surface area contributed by atoms with Crippen LogP contribution in [-0.2, 0) is 10.0 Å². The second-order valence-electron chi connectivity index (χ2n) is 6.84. The molecule has 0 aliphatic heterocycles. The van der Waals surface area contributed by atoms with Gasteiger partial charge >= 0.3 is 0 Å². The predicted octanol–water partition coefficient (Wildman–Crippen LogP) is 4.00. The van der Waals surface area contributed by atoms with Crippen molar-refractivity contribution in [3.8, 4) is 0 Å². The van der Waals surface area contributed by atoms with Crippen molar-refractivity contribution in [1.29, 1.82) is 0 Å². The summed E-state index contributed by atoms with van der Waals surface area (Å²) in [7, 11) is -3.59. The Balaban J connectivity index is 1.70. The lowest BCUT2D eigenvalue weighted by molar-refractivity contribution is 0.0935. The molecule has 0 radical (unpaired) electrons. The van der Waals surface area contributed by atoms with Gasteiger partial charge in [0.25, 0.3) is 5.91 Å². The number of rotatable bonds is 7. The van der Waals surface area contributed by atoms with Gasteiger partial charge in [-0.3, -0.25) is 4.79 Å². The molecular formula is C21H24N2O4S. The first-order valence-corrected chi connectivity index (χ1v) is 10.7. The van der Waals surface area contributed by atoms with Crippen LogP contribution in [0.4, 0.5) is 0 Å². The maximum absolute atomic E-state index is 12.5. The summed E-state index contributed by atoms with van der Waals surface area (Å²) in [5.74, 6) is 0.360. The largest absolute Gasteiger partial charge is 0.459 e. The first-order valence-electron chi connectivity index (χ1n) is 9.22. The average Bonchev–Trinajstić information content (AvgIpc) is 3.12. The lowest BCUT2D eigenvalue weighted by Gasteiger charge is -2.13. The van der Waals surface area contributed by atoms with Crippen LogP contribution in [0, 0.1) is 0 Å². The van der Waals surface area contributed by atoms with Crippen molar-refractivity contribution in [2.24, 2.45) is 0 Å². The molecule has 1 amide bonds. The van der Waals surface area contributed by atoms with Crippen molar-refractivity contribution in [3.63, 3.8) is 0 Å². The third-order valence-electron chi connectivity index (χ3n) is 4.61. The quantitative estimate of drug-likeness (QED) is 0.627. The zero-order valence-corrected chi connectivity index (χ0v) is 16.9. The summed E-state index contributed by atoms with van der Waals surface area (Å²) in [6.45, 7) is 5.55. The van der Waals surface area contributed by atoms with E-state index >= 15 is 0 Å². The third-order valence-corrected chi connectivity index (χ3v) is 6.22. The van der Waals surface area contributed by atoms with E-state index < -0.39 is 10.0 Å². The molecule has 0 saturated carbocycles. The predicted molar refractivity (Wildman–Crippen MR) is 109 cm³/mol. The van der Waals surface area contributed by atoms with Crippen LogP contribution in [-0.4, -0.2) is 20.4 Å². The number of amides is 1. The van der Waals surface area contributed by atoms with E-state index in [1.807, 2.05) is 44.2 Å². The van der Waals surface area contributed by atoms with Gasteiger partial charge in [0.2, 0.25) is 10.0 Å². The van der Waals surface area contributed by atoms with Crippen LogP contribution in [0.25, 0.3) is 11.0 Å². The Hall–Kier alpha value is -2.64. The first kappa shape index (κ1) is 20.1. The van der Waals surface area contributed by atoms with Gasteiger partial charge in [-0.2, -0.15) is 0 Å². The zero-order chi connectivity index (χ0) is 20.3. The van der Waals surface area contributed by atoms with E-state index in [1.54, 1.807) is 6.92 Å². The molecule has 2 aromatic carbocycles. The van der Waals surface area contributed by atoms with Gasteiger partial charge in [-0.25, -0.2) is 13.1 Å². The number of sulfonamides is 1. The van der Waals surface area contributed by atoms with Crippen LogP contribution in [0.15, 0.2) is 63.9 Å². The topological polar surface area (TPSA) is 88.4 Å². The minimum absolute atomic E-state index is 0.134. The van der Waals surface area contributed by atoms with Crippen LogP contribution in [0.3, 0.4) is 0 Å². The number of hydrogen-bond donors (Lipinski definition) is 2. The summed E-state index contributed by atoms with van der Waals surface area (Å²) in [6.07, 6.45) is 0.694. The molecule has 2 unspecified atom stereocenters. The molecule has 7 heteroatoms. The summed E-state index contributed by atoms with van der Waals surface area (Å²) in [6, 6.07) is 14.9. The zero-order valence-electron chi connectivity index (χ0n) is 16.1. The summed E-state index contributed by atoms with van der Waals surface area (Å²) < 4.78 is 33.0. The summed E-state index contributed by atoms with van der Waals surface area (Å²) in [4.78, 5) is 12.6. The molecule has 28 heavy (non-hydrogen) atoms. The molecule has 2 atom stereocenters. The standard InChI is InChI=1S/C21H24N2O4S/c1-4-14(2)23-28(25,26)18-11-9-16(10-12-18)21(24)22-15(3)20-13-17-7-5-6-8-19(17)27-20/h5-15,23H,4H2,1-3H3,(H,22,24). The number of carbonyl (C=O) groups excluding carboxylic acids is 1. The molecule has 1 heterocycles. The number of furan rings is 1. The summed E-state index contributed by atoms with van der Waals surface area (Å²) in [5.41, 5.74) is 1.15. The molecule has 0 aliphatic carbocycles. The molecule has 148 valence electrons. The SMILES string of the molecule is CCC(C)NS(=O)(=O)c1ccc(C(=O)NC(C)c2cc3ccccc3o2)cc1. The number of hydrogen-bond acceptors (Lipinski definition) is 4. The van der Waals surface area contributed by atoms with Crippen LogP contribution in [0.2, 0.25) is 0 Å². The van der Waals surface area contributed by atoms with Gasteiger partial charge in [-0.15, -0.1) is 0 Å². The highest BCUT2D eigenvalue weighted by atomic mass is 32.2. The molecular weight excluding hydrogens is 376 g/mol. The van der Waals surface area contributed by atoms with Gasteiger partial charge in [0.1, 0.15) is 11.3 Å². The number of nitrogens with one attached hydrogen (secondary N) is 2. The van der Waals surface area contributed by atoms with Crippen LogP contribution in [0.5, 0.6) is 0 Å². The van der Waals surface area contributed by atoms with Crippen molar-refractivity contribution in [1.82, 2.24) is 10.0 Å². The smallest absolute Gasteiger partial charge is 0.251 e. The van der Waals surface area contributed by atoms with Crippen LogP contribution >= 0.6 is 0 Å². The van der Waals surface area contributed by atoms with Crippen LogP contribution in [0.1, 0.15) is 49.4 Å². The third kappa shape index (κ3) is 4.43. The lowest BCUT2D eigenvalue weighted by Crippen LogP contribution is -2.32. The normalized spacial score (nSPS) is 14.0. The fourth-order valence-electron chi connectivity index (χ4n) is 2.77. The Kier molecular flexibility index (Phi) is 5.86. The fraction of sp³-hybridized carbons (Fsp3) is 0.286. The molecule has 2 N–H and O–H groups in total. The molecule has 3 aromatic rings. The minimum atomic E-state index is -3.59. The Bertz CT molecular complexity index is 1040. The van der Waals surface area contributed by atoms with Gasteiger partial charge in [0.15, 0.2) is 0 Å². The highest BCUT2D eigenvalue weighted by molar-refractivity contribution is 7.89. The Morgan fingerprint density at radius 2 is 1.75 bits per heavy atom. The number of carbonyl (C=O) groups is 1. The van der Waals surface area contributed by atoms with Gasteiger partial charge in [0, 0.05) is 17.0 Å². The van der Waals surface area contributed by atoms with E-state index in [9.17, 15) is 13.2 Å². The van der Waals surface area contributed by atoms with E-state index in [-0.39, 0.29) is 22.9 Å². The van der Waals surface area contributed by atoms with Crippen molar-refractivity contribution in [3.05, 3.63) is 65.9 Å². The van der Waals surface area contributed by atoms with E-state index in [4.69, 9.17) is 4.42 Å².